The van der Waals surface area contributed by atoms with Crippen molar-refractivity contribution in [3.63, 3.8) is 0 Å². The van der Waals surface area contributed by atoms with Crippen molar-refractivity contribution in [2.45, 2.75) is 160 Å². The van der Waals surface area contributed by atoms with Gasteiger partial charge in [-0.2, -0.15) is 0 Å². The zero-order chi connectivity index (χ0) is 43.2. The zero-order valence-electron chi connectivity index (χ0n) is 34.8. The van der Waals surface area contributed by atoms with E-state index >= 15 is 0 Å². The van der Waals surface area contributed by atoms with Crippen molar-refractivity contribution in [2.24, 2.45) is 5.92 Å². The second kappa shape index (κ2) is 23.5. The van der Waals surface area contributed by atoms with E-state index in [9.17, 15) is 44.7 Å². The van der Waals surface area contributed by atoms with Gasteiger partial charge < -0.3 is 69.5 Å². The molecule has 3 aliphatic rings. The number of unbranched alkanes of at least 4 members (excludes halogenated alkanes) is 2. The summed E-state index contributed by atoms with van der Waals surface area (Å²) in [5.41, 5.74) is 0.726. The number of hydrogen-bond acceptors (Lipinski definition) is 16. The Bertz CT molecular complexity index is 1490. The molecule has 334 valence electrons. The molecular weight excluding hydrogens is 774 g/mol. The lowest BCUT2D eigenvalue weighted by atomic mass is 9.97. The fraction of sp³-hybridized carbons (Fsp3) is 0.756. The van der Waals surface area contributed by atoms with E-state index in [0.29, 0.717) is 45.3 Å². The van der Waals surface area contributed by atoms with E-state index in [2.05, 4.69) is 10.6 Å². The van der Waals surface area contributed by atoms with Gasteiger partial charge in [-0.25, -0.2) is 0 Å². The predicted molar refractivity (Wildman–Crippen MR) is 209 cm³/mol. The van der Waals surface area contributed by atoms with Gasteiger partial charge in [0.05, 0.1) is 12.6 Å². The first kappa shape index (κ1) is 48.2. The normalized spacial score (nSPS) is 33.0. The standard InChI is InChI=1S/C41H65N3O15/c1-6-8-9-11-32(47)54-22-30-34(49)35(50)37(52)40(58-30)59-38-36(51)33(48)24(4)55-41(38)57-27-14-12-26(13-15-27)29-20-31(46)43-17-10-19-44(39(53)23(3)7-2)21-28(16-18-42-29)56-25(5)45/h12-15,23-24,28-30,33-38,40-42,48-52H,6-11,16-22H2,1-5H3,(H,43,46)/t23-,24-,28+,29?,30+,33-,34+,35-,36+,37+,38+,40-,41-/m0/s1. The number of amides is 2. The Balaban J connectivity index is 1.46. The predicted octanol–water partition coefficient (Wildman–Crippen LogP) is 0.586. The molecule has 4 rings (SSSR count). The largest absolute Gasteiger partial charge is 0.463 e. The van der Waals surface area contributed by atoms with Gasteiger partial charge in [-0.3, -0.25) is 19.2 Å². The third-order valence-electron chi connectivity index (χ3n) is 10.9. The Morgan fingerprint density at radius 2 is 1.66 bits per heavy atom. The molecule has 0 bridgehead atoms. The van der Waals surface area contributed by atoms with Gasteiger partial charge in [0.1, 0.15) is 55.1 Å². The Morgan fingerprint density at radius 1 is 0.932 bits per heavy atom. The number of aliphatic hydroxyl groups is 5. The first-order valence-corrected chi connectivity index (χ1v) is 20.9. The van der Waals surface area contributed by atoms with Crippen molar-refractivity contribution in [3.8, 4) is 5.75 Å². The topological polar surface area (TPSA) is 252 Å². The third kappa shape index (κ3) is 14.0. The SMILES string of the molecule is CCCCCC(=O)OC[C@H]1O[C@@H](O[C@H]2[C@H](Oc3ccc(C4CC(=O)NCCCN(C(=O)[C@@H](C)CC)C[C@H](OC(C)=O)CCN4)cc3)O[C@@H](C)[C@H](O)[C@H]2O)[C@H](O)[C@@H](O)[C@@H]1O. The molecule has 3 heterocycles. The van der Waals surface area contributed by atoms with E-state index in [1.165, 1.54) is 13.8 Å². The number of benzene rings is 1. The van der Waals surface area contributed by atoms with Crippen molar-refractivity contribution in [1.29, 1.82) is 0 Å². The van der Waals surface area contributed by atoms with E-state index in [0.717, 1.165) is 18.4 Å². The molecule has 18 nitrogen and oxygen atoms in total. The monoisotopic (exact) mass is 839 g/mol. The van der Waals surface area contributed by atoms with E-state index in [1.54, 1.807) is 29.2 Å². The molecule has 3 saturated heterocycles. The fourth-order valence-corrected chi connectivity index (χ4v) is 7.17. The minimum Gasteiger partial charge on any atom is -0.463 e. The molecule has 0 aliphatic carbocycles. The lowest BCUT2D eigenvalue weighted by molar-refractivity contribution is -0.355. The first-order chi connectivity index (χ1) is 28.1. The maximum atomic E-state index is 13.2. The lowest BCUT2D eigenvalue weighted by Gasteiger charge is -2.45. The highest BCUT2D eigenvalue weighted by Crippen LogP contribution is 2.31. The summed E-state index contributed by atoms with van der Waals surface area (Å²) in [6, 6.07) is 6.25. The van der Waals surface area contributed by atoms with Crippen molar-refractivity contribution in [1.82, 2.24) is 15.5 Å². The van der Waals surface area contributed by atoms with Crippen LogP contribution in [0.15, 0.2) is 24.3 Å². The highest BCUT2D eigenvalue weighted by atomic mass is 16.8. The lowest BCUT2D eigenvalue weighted by Crippen LogP contribution is -2.64. The van der Waals surface area contributed by atoms with Gasteiger partial charge in [-0.15, -0.1) is 0 Å². The van der Waals surface area contributed by atoms with Gasteiger partial charge in [0.2, 0.25) is 18.1 Å². The number of carbonyl (C=O) groups is 4. The van der Waals surface area contributed by atoms with Crippen LogP contribution >= 0.6 is 0 Å². The van der Waals surface area contributed by atoms with Gasteiger partial charge in [0.15, 0.2) is 12.4 Å². The molecule has 7 N–H and O–H groups in total. The third-order valence-corrected chi connectivity index (χ3v) is 10.9. The molecule has 0 saturated carbocycles. The highest BCUT2D eigenvalue weighted by Gasteiger charge is 2.51. The van der Waals surface area contributed by atoms with Crippen LogP contribution in [0.1, 0.15) is 97.6 Å². The average Bonchev–Trinajstić information content (AvgIpc) is 3.22. The maximum Gasteiger partial charge on any atom is 0.305 e. The smallest absolute Gasteiger partial charge is 0.305 e. The molecule has 3 aliphatic heterocycles. The fourth-order valence-electron chi connectivity index (χ4n) is 7.17. The van der Waals surface area contributed by atoms with E-state index in [1.807, 2.05) is 20.8 Å². The Labute approximate surface area is 345 Å². The van der Waals surface area contributed by atoms with Crippen molar-refractivity contribution < 1.29 is 73.1 Å². The molecular formula is C41H65N3O15. The number of hydrogen-bond donors (Lipinski definition) is 7. The van der Waals surface area contributed by atoms with Crippen LogP contribution in [0.3, 0.4) is 0 Å². The summed E-state index contributed by atoms with van der Waals surface area (Å²) in [4.78, 5) is 52.2. The van der Waals surface area contributed by atoms with E-state index in [4.69, 9.17) is 28.4 Å². The number of esters is 2. The summed E-state index contributed by atoms with van der Waals surface area (Å²) >= 11 is 0. The summed E-state index contributed by atoms with van der Waals surface area (Å²) < 4.78 is 34.5. The number of rotatable bonds is 14. The van der Waals surface area contributed by atoms with Gasteiger partial charge >= 0.3 is 11.9 Å². The number of carbonyl (C=O) groups excluding carboxylic acids is 4. The minimum atomic E-state index is -1.80. The van der Waals surface area contributed by atoms with Gasteiger partial charge in [-0.1, -0.05) is 45.7 Å². The van der Waals surface area contributed by atoms with Crippen LogP contribution in [0.4, 0.5) is 0 Å². The highest BCUT2D eigenvalue weighted by molar-refractivity contribution is 5.78. The second-order valence-electron chi connectivity index (χ2n) is 15.7. The Kier molecular flexibility index (Phi) is 19.2. The van der Waals surface area contributed by atoms with E-state index in [-0.39, 0.29) is 42.9 Å². The molecule has 0 spiro atoms. The van der Waals surface area contributed by atoms with Crippen LogP contribution < -0.4 is 15.4 Å². The van der Waals surface area contributed by atoms with Crippen LogP contribution in [0.5, 0.6) is 5.75 Å². The average molecular weight is 840 g/mol. The van der Waals surface area contributed by atoms with Crippen LogP contribution in [-0.2, 0) is 42.9 Å². The molecule has 59 heavy (non-hydrogen) atoms. The molecule has 1 aromatic carbocycles. The number of nitrogens with one attached hydrogen (secondary N) is 2. The van der Waals surface area contributed by atoms with E-state index < -0.39 is 92.1 Å². The number of ether oxygens (including phenoxy) is 6. The second-order valence-corrected chi connectivity index (χ2v) is 15.7. The van der Waals surface area contributed by atoms with Crippen molar-refractivity contribution >= 4 is 23.8 Å². The first-order valence-electron chi connectivity index (χ1n) is 20.9. The summed E-state index contributed by atoms with van der Waals surface area (Å²) in [6.07, 6.45) is -11.4. The van der Waals surface area contributed by atoms with Gasteiger partial charge in [0.25, 0.3) is 0 Å². The molecule has 0 aromatic heterocycles. The molecule has 13 atom stereocenters. The summed E-state index contributed by atoms with van der Waals surface area (Å²) in [7, 11) is 0. The summed E-state index contributed by atoms with van der Waals surface area (Å²) in [6.45, 7) is 9.55. The molecule has 1 aromatic rings. The number of aliphatic hydroxyl groups excluding tert-OH is 5. The Hall–Kier alpha value is -3.46. The quantitative estimate of drug-likeness (QED) is 0.100. The minimum absolute atomic E-state index is 0.0320. The van der Waals surface area contributed by atoms with Gasteiger partial charge in [-0.05, 0) is 56.8 Å². The molecule has 3 fully saturated rings. The Morgan fingerprint density at radius 3 is 2.34 bits per heavy atom. The maximum absolute atomic E-state index is 13.2. The molecule has 1 unspecified atom stereocenters. The molecule has 2 amide bonds. The van der Waals surface area contributed by atoms with Crippen LogP contribution in [0.2, 0.25) is 0 Å². The van der Waals surface area contributed by atoms with Gasteiger partial charge in [0, 0.05) is 44.8 Å². The van der Waals surface area contributed by atoms with Crippen molar-refractivity contribution in [3.05, 3.63) is 29.8 Å². The van der Waals surface area contributed by atoms with Crippen LogP contribution in [-0.4, -0.2) is 154 Å². The zero-order valence-corrected chi connectivity index (χ0v) is 34.8. The van der Waals surface area contributed by atoms with Crippen molar-refractivity contribution in [2.75, 3.05) is 32.8 Å². The summed E-state index contributed by atoms with van der Waals surface area (Å²) in [5.74, 6) is -1.15. The van der Waals surface area contributed by atoms with Crippen LogP contribution in [0.25, 0.3) is 0 Å². The molecule has 0 radical (unpaired) electrons. The van der Waals surface area contributed by atoms with Crippen LogP contribution in [0, 0.1) is 5.92 Å². The molecule has 18 heteroatoms. The number of nitrogens with zero attached hydrogens (tertiary/aromatic N) is 1. The summed E-state index contributed by atoms with van der Waals surface area (Å²) in [5, 5.41) is 60.1.